The second-order valence-corrected chi connectivity index (χ2v) is 6.05. The van der Waals surface area contributed by atoms with E-state index in [9.17, 15) is 9.59 Å². The van der Waals surface area contributed by atoms with E-state index in [0.29, 0.717) is 11.7 Å². The SMILES string of the molecule is CCOC(=O)[C@@H]1C(=O)NC(N2CCN(CC)CC2)=N[C@H]1c1ccco1. The molecule has 2 atom stereocenters. The molecule has 0 saturated carbocycles. The number of piperazine rings is 1. The van der Waals surface area contributed by atoms with Gasteiger partial charge in [0.15, 0.2) is 5.92 Å². The molecule has 8 heteroatoms. The molecule has 136 valence electrons. The number of rotatable bonds is 4. The zero-order valence-electron chi connectivity index (χ0n) is 14.6. The van der Waals surface area contributed by atoms with E-state index in [1.54, 1.807) is 19.1 Å². The Morgan fingerprint density at radius 3 is 2.72 bits per heavy atom. The summed E-state index contributed by atoms with van der Waals surface area (Å²) in [5, 5.41) is 2.78. The van der Waals surface area contributed by atoms with E-state index in [2.05, 4.69) is 22.1 Å². The number of ether oxygens (including phenoxy) is 1. The van der Waals surface area contributed by atoms with Crippen LogP contribution >= 0.6 is 0 Å². The smallest absolute Gasteiger partial charge is 0.321 e. The van der Waals surface area contributed by atoms with Gasteiger partial charge in [0.25, 0.3) is 0 Å². The molecule has 3 heterocycles. The van der Waals surface area contributed by atoms with E-state index in [-0.39, 0.29) is 6.61 Å². The molecule has 0 radical (unpaired) electrons. The van der Waals surface area contributed by atoms with Gasteiger partial charge in [0.2, 0.25) is 11.9 Å². The highest BCUT2D eigenvalue weighted by Gasteiger charge is 2.43. The zero-order valence-corrected chi connectivity index (χ0v) is 14.6. The average Bonchev–Trinajstić information content (AvgIpc) is 3.16. The van der Waals surface area contributed by atoms with Gasteiger partial charge < -0.3 is 19.0 Å². The Kier molecular flexibility index (Phi) is 5.37. The third-order valence-electron chi connectivity index (χ3n) is 4.59. The fraction of sp³-hybridized carbons (Fsp3) is 0.588. The topological polar surface area (TPSA) is 87.4 Å². The van der Waals surface area contributed by atoms with Crippen molar-refractivity contribution < 1.29 is 18.7 Å². The molecule has 0 spiro atoms. The van der Waals surface area contributed by atoms with Gasteiger partial charge in [-0.3, -0.25) is 14.9 Å². The Hall–Kier alpha value is -2.35. The van der Waals surface area contributed by atoms with Gasteiger partial charge in [0.1, 0.15) is 11.8 Å². The first kappa shape index (κ1) is 17.5. The molecule has 1 amide bonds. The molecule has 1 fully saturated rings. The molecule has 0 bridgehead atoms. The Balaban J connectivity index is 1.85. The minimum absolute atomic E-state index is 0.211. The van der Waals surface area contributed by atoms with Gasteiger partial charge in [-0.15, -0.1) is 0 Å². The lowest BCUT2D eigenvalue weighted by molar-refractivity contribution is -0.153. The van der Waals surface area contributed by atoms with Crippen LogP contribution in [0, 0.1) is 5.92 Å². The predicted octanol–water partition coefficient (Wildman–Crippen LogP) is 0.623. The van der Waals surface area contributed by atoms with Crippen molar-refractivity contribution in [3.8, 4) is 0 Å². The molecule has 0 unspecified atom stereocenters. The number of esters is 1. The molecule has 0 aromatic carbocycles. The Morgan fingerprint density at radius 2 is 2.12 bits per heavy atom. The Morgan fingerprint density at radius 1 is 1.36 bits per heavy atom. The van der Waals surface area contributed by atoms with E-state index < -0.39 is 23.8 Å². The molecular weight excluding hydrogens is 324 g/mol. The van der Waals surface area contributed by atoms with E-state index in [1.807, 2.05) is 4.90 Å². The number of carbonyl (C=O) groups excluding carboxylic acids is 2. The van der Waals surface area contributed by atoms with Crippen LogP contribution in [0.4, 0.5) is 0 Å². The summed E-state index contributed by atoms with van der Waals surface area (Å²) in [6.45, 7) is 8.45. The first-order valence-corrected chi connectivity index (χ1v) is 8.70. The summed E-state index contributed by atoms with van der Waals surface area (Å²) in [5.74, 6) is -1.03. The number of amides is 1. The predicted molar refractivity (Wildman–Crippen MR) is 90.8 cm³/mol. The van der Waals surface area contributed by atoms with E-state index in [4.69, 9.17) is 9.15 Å². The van der Waals surface area contributed by atoms with Crippen molar-refractivity contribution in [1.29, 1.82) is 0 Å². The number of furan rings is 1. The molecule has 1 N–H and O–H groups in total. The molecule has 0 aliphatic carbocycles. The van der Waals surface area contributed by atoms with Crippen LogP contribution in [0.3, 0.4) is 0 Å². The highest BCUT2D eigenvalue weighted by molar-refractivity contribution is 6.08. The third kappa shape index (κ3) is 3.68. The highest BCUT2D eigenvalue weighted by atomic mass is 16.5. The summed E-state index contributed by atoms with van der Waals surface area (Å²) in [7, 11) is 0. The Bertz CT molecular complexity index is 635. The van der Waals surface area contributed by atoms with Gasteiger partial charge in [-0.2, -0.15) is 0 Å². The standard InChI is InChI=1S/C17H24N4O4/c1-3-20-7-9-21(10-8-20)17-18-14(12-6-5-11-25-12)13(15(22)19-17)16(23)24-4-2/h5-6,11,13-14H,3-4,7-10H2,1-2H3,(H,18,19,22)/t13-,14-/m0/s1. The Labute approximate surface area is 146 Å². The number of nitrogens with zero attached hydrogens (tertiary/aromatic N) is 3. The number of likely N-dealkylation sites (N-methyl/N-ethyl adjacent to an activating group) is 1. The van der Waals surface area contributed by atoms with Crippen LogP contribution in [-0.4, -0.2) is 67.0 Å². The molecule has 2 aliphatic rings. The van der Waals surface area contributed by atoms with Gasteiger partial charge in [-0.25, -0.2) is 4.99 Å². The second kappa shape index (κ2) is 7.69. The molecule has 8 nitrogen and oxygen atoms in total. The van der Waals surface area contributed by atoms with E-state index in [1.165, 1.54) is 6.26 Å². The summed E-state index contributed by atoms with van der Waals surface area (Å²) in [6.07, 6.45) is 1.51. The van der Waals surface area contributed by atoms with Crippen molar-refractivity contribution in [1.82, 2.24) is 15.1 Å². The summed E-state index contributed by atoms with van der Waals surface area (Å²) in [4.78, 5) is 33.9. The first-order valence-electron chi connectivity index (χ1n) is 8.70. The number of guanidine groups is 1. The van der Waals surface area contributed by atoms with Crippen molar-refractivity contribution in [3.05, 3.63) is 24.2 Å². The fourth-order valence-corrected chi connectivity index (χ4v) is 3.16. The fourth-order valence-electron chi connectivity index (χ4n) is 3.16. The maximum atomic E-state index is 12.6. The van der Waals surface area contributed by atoms with Crippen molar-refractivity contribution in [3.63, 3.8) is 0 Å². The van der Waals surface area contributed by atoms with Crippen LogP contribution in [0.25, 0.3) is 0 Å². The molecule has 3 rings (SSSR count). The number of aliphatic imine (C=N–C) groups is 1. The van der Waals surface area contributed by atoms with Crippen LogP contribution in [0.5, 0.6) is 0 Å². The molecule has 1 saturated heterocycles. The van der Waals surface area contributed by atoms with Crippen molar-refractivity contribution in [2.24, 2.45) is 10.9 Å². The summed E-state index contributed by atoms with van der Waals surface area (Å²) in [5.41, 5.74) is 0. The van der Waals surface area contributed by atoms with E-state index >= 15 is 0 Å². The second-order valence-electron chi connectivity index (χ2n) is 6.05. The molecule has 1 aromatic rings. The van der Waals surface area contributed by atoms with Crippen molar-refractivity contribution in [2.75, 3.05) is 39.3 Å². The molecule has 2 aliphatic heterocycles. The van der Waals surface area contributed by atoms with Gasteiger partial charge in [0.05, 0.1) is 12.9 Å². The third-order valence-corrected chi connectivity index (χ3v) is 4.59. The van der Waals surface area contributed by atoms with Gasteiger partial charge in [0, 0.05) is 26.2 Å². The van der Waals surface area contributed by atoms with Crippen molar-refractivity contribution >= 4 is 17.8 Å². The quantitative estimate of drug-likeness (QED) is 0.634. The van der Waals surface area contributed by atoms with Gasteiger partial charge in [-0.05, 0) is 25.6 Å². The lowest BCUT2D eigenvalue weighted by Gasteiger charge is -2.38. The van der Waals surface area contributed by atoms with Crippen LogP contribution in [0.2, 0.25) is 0 Å². The zero-order chi connectivity index (χ0) is 17.8. The summed E-state index contributed by atoms with van der Waals surface area (Å²) < 4.78 is 10.5. The maximum absolute atomic E-state index is 12.6. The number of hydrogen-bond acceptors (Lipinski definition) is 7. The molecule has 1 aromatic heterocycles. The highest BCUT2D eigenvalue weighted by Crippen LogP contribution is 2.31. The van der Waals surface area contributed by atoms with Crippen LogP contribution < -0.4 is 5.32 Å². The van der Waals surface area contributed by atoms with Gasteiger partial charge >= 0.3 is 5.97 Å². The monoisotopic (exact) mass is 348 g/mol. The summed E-state index contributed by atoms with van der Waals surface area (Å²) >= 11 is 0. The average molecular weight is 348 g/mol. The largest absolute Gasteiger partial charge is 0.467 e. The van der Waals surface area contributed by atoms with Crippen molar-refractivity contribution in [2.45, 2.75) is 19.9 Å². The first-order chi connectivity index (χ1) is 12.1. The minimum Gasteiger partial charge on any atom is -0.467 e. The minimum atomic E-state index is -1.04. The maximum Gasteiger partial charge on any atom is 0.321 e. The van der Waals surface area contributed by atoms with Crippen LogP contribution in [0.15, 0.2) is 27.8 Å². The number of carbonyl (C=O) groups is 2. The van der Waals surface area contributed by atoms with Crippen LogP contribution in [-0.2, 0) is 14.3 Å². The molecule has 25 heavy (non-hydrogen) atoms. The van der Waals surface area contributed by atoms with Gasteiger partial charge in [-0.1, -0.05) is 6.92 Å². The molecular formula is C17H24N4O4. The lowest BCUT2D eigenvalue weighted by Crippen LogP contribution is -2.57. The van der Waals surface area contributed by atoms with E-state index in [0.717, 1.165) is 32.7 Å². The summed E-state index contributed by atoms with van der Waals surface area (Å²) in [6, 6.07) is 2.74. The number of hydrogen-bond donors (Lipinski definition) is 1. The normalized spacial score (nSPS) is 24.6. The van der Waals surface area contributed by atoms with Crippen LogP contribution in [0.1, 0.15) is 25.6 Å². The lowest BCUT2D eigenvalue weighted by atomic mass is 9.95. The number of nitrogens with one attached hydrogen (secondary N) is 1.